The molecule has 1 aromatic carbocycles. The normalized spacial score (nSPS) is 11.6. The van der Waals surface area contributed by atoms with Crippen LogP contribution in [0.15, 0.2) is 27.6 Å². The van der Waals surface area contributed by atoms with Crippen LogP contribution in [0.4, 0.5) is 8.78 Å². The van der Waals surface area contributed by atoms with Crippen molar-refractivity contribution in [2.75, 3.05) is 6.54 Å². The van der Waals surface area contributed by atoms with Gasteiger partial charge in [0, 0.05) is 10.0 Å². The maximum absolute atomic E-state index is 11.9. The van der Waals surface area contributed by atoms with Gasteiger partial charge in [0.25, 0.3) is 12.3 Å². The fourth-order valence-corrected chi connectivity index (χ4v) is 2.36. The molecular formula is C9H9BrF2N2O3S. The zero-order chi connectivity index (χ0) is 13.9. The molecule has 0 spiro atoms. The summed E-state index contributed by atoms with van der Waals surface area (Å²) >= 11 is 3.01. The summed E-state index contributed by atoms with van der Waals surface area (Å²) in [7, 11) is -3.97. The first-order valence-electron chi connectivity index (χ1n) is 4.60. The van der Waals surface area contributed by atoms with Crippen LogP contribution in [0, 0.1) is 0 Å². The monoisotopic (exact) mass is 342 g/mol. The molecule has 1 aromatic rings. The molecule has 0 saturated carbocycles. The van der Waals surface area contributed by atoms with Crippen LogP contribution >= 0.6 is 15.9 Å². The van der Waals surface area contributed by atoms with Crippen molar-refractivity contribution in [3.8, 4) is 0 Å². The van der Waals surface area contributed by atoms with Gasteiger partial charge in [-0.3, -0.25) is 4.79 Å². The van der Waals surface area contributed by atoms with Gasteiger partial charge in [0.2, 0.25) is 10.0 Å². The Bertz CT molecular complexity index is 563. The minimum Gasteiger partial charge on any atom is -0.346 e. The second kappa shape index (κ2) is 5.72. The van der Waals surface area contributed by atoms with E-state index in [1.807, 2.05) is 5.32 Å². The number of primary sulfonamides is 1. The second-order valence-corrected chi connectivity index (χ2v) is 5.80. The van der Waals surface area contributed by atoms with Gasteiger partial charge in [-0.15, -0.1) is 0 Å². The summed E-state index contributed by atoms with van der Waals surface area (Å²) in [5.41, 5.74) is -0.0750. The lowest BCUT2D eigenvalue weighted by atomic mass is 10.2. The van der Waals surface area contributed by atoms with Crippen LogP contribution in [0.2, 0.25) is 0 Å². The van der Waals surface area contributed by atoms with E-state index in [9.17, 15) is 22.0 Å². The van der Waals surface area contributed by atoms with Crippen molar-refractivity contribution in [1.82, 2.24) is 5.32 Å². The summed E-state index contributed by atoms with van der Waals surface area (Å²) in [5, 5.41) is 6.88. The van der Waals surface area contributed by atoms with Gasteiger partial charge in [-0.2, -0.15) is 0 Å². The fraction of sp³-hybridized carbons (Fsp3) is 0.222. The number of hydrogen-bond acceptors (Lipinski definition) is 3. The SMILES string of the molecule is NS(=O)(=O)c1cc(Br)cc(C(=O)NCC(F)F)c1. The van der Waals surface area contributed by atoms with E-state index in [4.69, 9.17) is 5.14 Å². The van der Waals surface area contributed by atoms with Crippen LogP contribution in [0.25, 0.3) is 0 Å². The van der Waals surface area contributed by atoms with Gasteiger partial charge >= 0.3 is 0 Å². The minimum atomic E-state index is -3.97. The van der Waals surface area contributed by atoms with Gasteiger partial charge in [-0.1, -0.05) is 15.9 Å². The molecule has 18 heavy (non-hydrogen) atoms. The maximum Gasteiger partial charge on any atom is 0.255 e. The van der Waals surface area contributed by atoms with Crippen molar-refractivity contribution >= 4 is 31.9 Å². The number of benzene rings is 1. The van der Waals surface area contributed by atoms with E-state index in [-0.39, 0.29) is 10.5 Å². The van der Waals surface area contributed by atoms with E-state index in [0.717, 1.165) is 6.07 Å². The first kappa shape index (κ1) is 15.0. The van der Waals surface area contributed by atoms with Crippen LogP contribution in [-0.4, -0.2) is 27.3 Å². The average molecular weight is 343 g/mol. The first-order chi connectivity index (χ1) is 8.20. The van der Waals surface area contributed by atoms with E-state index in [2.05, 4.69) is 15.9 Å². The molecule has 0 aromatic heterocycles. The van der Waals surface area contributed by atoms with Crippen molar-refractivity contribution in [2.24, 2.45) is 5.14 Å². The summed E-state index contributed by atoms with van der Waals surface area (Å²) in [4.78, 5) is 11.2. The van der Waals surface area contributed by atoms with E-state index in [0.29, 0.717) is 4.47 Å². The molecule has 0 bridgehead atoms. The molecule has 0 fully saturated rings. The number of carbonyl (C=O) groups excluding carboxylic acids is 1. The molecule has 0 aliphatic heterocycles. The highest BCUT2D eigenvalue weighted by Gasteiger charge is 2.15. The molecule has 0 unspecified atom stereocenters. The van der Waals surface area contributed by atoms with E-state index < -0.39 is 28.9 Å². The summed E-state index contributed by atoms with van der Waals surface area (Å²) in [5.74, 6) is -0.804. The minimum absolute atomic E-state index is 0.0750. The highest BCUT2D eigenvalue weighted by Crippen LogP contribution is 2.18. The smallest absolute Gasteiger partial charge is 0.255 e. The molecule has 1 rings (SSSR count). The molecule has 0 aliphatic carbocycles. The maximum atomic E-state index is 11.9. The molecule has 0 atom stereocenters. The summed E-state index contributed by atoms with van der Waals surface area (Å²) in [6.07, 6.45) is -2.68. The zero-order valence-corrected chi connectivity index (χ0v) is 11.3. The Labute approximate surface area is 111 Å². The number of halogens is 3. The lowest BCUT2D eigenvalue weighted by Gasteiger charge is -2.06. The number of nitrogens with one attached hydrogen (secondary N) is 1. The molecule has 0 aliphatic rings. The number of amides is 1. The Hall–Kier alpha value is -1.06. The fourth-order valence-electron chi connectivity index (χ4n) is 1.13. The van der Waals surface area contributed by atoms with E-state index >= 15 is 0 Å². The molecule has 0 heterocycles. The van der Waals surface area contributed by atoms with Crippen LogP contribution in [-0.2, 0) is 10.0 Å². The largest absolute Gasteiger partial charge is 0.346 e. The first-order valence-corrected chi connectivity index (χ1v) is 6.94. The Kier molecular flexibility index (Phi) is 4.77. The Morgan fingerprint density at radius 1 is 1.39 bits per heavy atom. The molecule has 3 N–H and O–H groups in total. The van der Waals surface area contributed by atoms with Crippen molar-refractivity contribution in [3.05, 3.63) is 28.2 Å². The topological polar surface area (TPSA) is 89.3 Å². The predicted octanol–water partition coefficient (Wildman–Crippen LogP) is 1.09. The summed E-state index contributed by atoms with van der Waals surface area (Å²) < 4.78 is 46.4. The molecule has 1 amide bonds. The molecule has 0 radical (unpaired) electrons. The van der Waals surface area contributed by atoms with Gasteiger partial charge in [-0.25, -0.2) is 22.3 Å². The molecule has 100 valence electrons. The quantitative estimate of drug-likeness (QED) is 0.858. The predicted molar refractivity (Wildman–Crippen MR) is 63.9 cm³/mol. The Morgan fingerprint density at radius 3 is 2.50 bits per heavy atom. The third-order valence-corrected chi connectivity index (χ3v) is 3.23. The molecule has 5 nitrogen and oxygen atoms in total. The highest BCUT2D eigenvalue weighted by molar-refractivity contribution is 9.10. The number of hydrogen-bond donors (Lipinski definition) is 2. The van der Waals surface area contributed by atoms with Gasteiger partial charge < -0.3 is 5.32 Å². The van der Waals surface area contributed by atoms with Gasteiger partial charge in [0.15, 0.2) is 0 Å². The van der Waals surface area contributed by atoms with Crippen LogP contribution in [0.1, 0.15) is 10.4 Å². The Morgan fingerprint density at radius 2 is 2.00 bits per heavy atom. The number of nitrogens with two attached hydrogens (primary N) is 1. The third-order valence-electron chi connectivity index (χ3n) is 1.88. The average Bonchev–Trinajstić information content (AvgIpc) is 2.23. The lowest BCUT2D eigenvalue weighted by Crippen LogP contribution is -2.28. The van der Waals surface area contributed by atoms with E-state index in [1.54, 1.807) is 0 Å². The molecule has 9 heteroatoms. The molecule has 0 saturated heterocycles. The summed E-state index contributed by atoms with van der Waals surface area (Å²) in [6, 6.07) is 3.52. The lowest BCUT2D eigenvalue weighted by molar-refractivity contribution is 0.0891. The van der Waals surface area contributed by atoms with Crippen LogP contribution in [0.3, 0.4) is 0 Å². The van der Waals surface area contributed by atoms with Crippen molar-refractivity contribution < 1.29 is 22.0 Å². The number of sulfonamides is 1. The van der Waals surface area contributed by atoms with Crippen LogP contribution in [0.5, 0.6) is 0 Å². The van der Waals surface area contributed by atoms with Gasteiger partial charge in [0.05, 0.1) is 11.4 Å². The standard InChI is InChI=1S/C9H9BrF2N2O3S/c10-6-1-5(9(15)14-4-8(11)12)2-7(3-6)18(13,16)17/h1-3,8H,4H2,(H,14,15)(H2,13,16,17). The molecular weight excluding hydrogens is 334 g/mol. The van der Waals surface area contributed by atoms with Crippen molar-refractivity contribution in [1.29, 1.82) is 0 Å². The second-order valence-electron chi connectivity index (χ2n) is 3.32. The van der Waals surface area contributed by atoms with Crippen molar-refractivity contribution in [3.63, 3.8) is 0 Å². The number of carbonyl (C=O) groups is 1. The van der Waals surface area contributed by atoms with Gasteiger partial charge in [0.1, 0.15) is 0 Å². The highest BCUT2D eigenvalue weighted by atomic mass is 79.9. The number of alkyl halides is 2. The van der Waals surface area contributed by atoms with Crippen molar-refractivity contribution in [2.45, 2.75) is 11.3 Å². The summed E-state index contributed by atoms with van der Waals surface area (Å²) in [6.45, 7) is -0.809. The zero-order valence-electron chi connectivity index (χ0n) is 8.86. The van der Waals surface area contributed by atoms with Gasteiger partial charge in [-0.05, 0) is 18.2 Å². The third kappa shape index (κ3) is 4.31. The number of rotatable bonds is 4. The Balaban J connectivity index is 3.03. The van der Waals surface area contributed by atoms with Crippen LogP contribution < -0.4 is 10.5 Å². The van der Waals surface area contributed by atoms with E-state index in [1.165, 1.54) is 12.1 Å².